The second-order valence-electron chi connectivity index (χ2n) is 9.17. The zero-order chi connectivity index (χ0) is 25.9. The molecule has 1 heterocycles. The van der Waals surface area contributed by atoms with Gasteiger partial charge in [-0.3, -0.25) is 4.79 Å². The predicted octanol–water partition coefficient (Wildman–Crippen LogP) is 6.18. The van der Waals surface area contributed by atoms with Gasteiger partial charge in [-0.25, -0.2) is 0 Å². The molecule has 7 heteroatoms. The van der Waals surface area contributed by atoms with E-state index in [2.05, 4.69) is 10.6 Å². The average Bonchev–Trinajstić information content (AvgIpc) is 3.07. The van der Waals surface area contributed by atoms with E-state index in [0.29, 0.717) is 48.9 Å². The number of ketones is 1. The number of carbonyl (C=O) groups is 1. The average molecular weight is 501 g/mol. The van der Waals surface area contributed by atoms with Crippen LogP contribution in [0.15, 0.2) is 71.9 Å². The summed E-state index contributed by atoms with van der Waals surface area (Å²) in [5.41, 5.74) is 5.30. The highest BCUT2D eigenvalue weighted by Crippen LogP contribution is 2.46. The smallest absolute Gasteiger partial charge is 0.163 e. The molecule has 0 radical (unpaired) electrons. The van der Waals surface area contributed by atoms with Gasteiger partial charge in [0.05, 0.1) is 37.7 Å². The zero-order valence-electron chi connectivity index (χ0n) is 21.3. The molecule has 3 N–H and O–H groups in total. The molecule has 5 rings (SSSR count). The summed E-state index contributed by atoms with van der Waals surface area (Å²) in [6.07, 6.45) is 1.05. The number of benzene rings is 3. The van der Waals surface area contributed by atoms with Crippen LogP contribution in [-0.2, 0) is 4.79 Å². The van der Waals surface area contributed by atoms with Gasteiger partial charge in [-0.15, -0.1) is 0 Å². The van der Waals surface area contributed by atoms with Crippen LogP contribution in [0.4, 0.5) is 11.4 Å². The SMILES string of the molecule is CCOc1cc(C2Nc3ccccc3NC3=C2C(=O)CC(c2ccc(OCC)c(OC)c2)C3)ccc1O. The molecule has 0 saturated carbocycles. The summed E-state index contributed by atoms with van der Waals surface area (Å²) < 4.78 is 16.9. The Morgan fingerprint density at radius 2 is 1.57 bits per heavy atom. The van der Waals surface area contributed by atoms with Gasteiger partial charge in [-0.1, -0.05) is 24.3 Å². The van der Waals surface area contributed by atoms with Gasteiger partial charge in [0.25, 0.3) is 0 Å². The number of allylic oxidation sites excluding steroid dienone is 1. The highest BCUT2D eigenvalue weighted by atomic mass is 16.5. The molecule has 192 valence electrons. The van der Waals surface area contributed by atoms with Crippen LogP contribution in [0.3, 0.4) is 0 Å². The van der Waals surface area contributed by atoms with Crippen molar-refractivity contribution in [2.24, 2.45) is 0 Å². The highest BCUT2D eigenvalue weighted by Gasteiger charge is 2.36. The highest BCUT2D eigenvalue weighted by molar-refractivity contribution is 6.01. The lowest BCUT2D eigenvalue weighted by Gasteiger charge is -2.30. The number of nitrogens with one attached hydrogen (secondary N) is 2. The molecule has 0 spiro atoms. The van der Waals surface area contributed by atoms with Crippen molar-refractivity contribution in [3.8, 4) is 23.0 Å². The van der Waals surface area contributed by atoms with Crippen LogP contribution in [0, 0.1) is 0 Å². The topological polar surface area (TPSA) is 89.1 Å². The van der Waals surface area contributed by atoms with E-state index in [9.17, 15) is 9.90 Å². The van der Waals surface area contributed by atoms with E-state index < -0.39 is 6.04 Å². The second kappa shape index (κ2) is 10.5. The predicted molar refractivity (Wildman–Crippen MR) is 144 cm³/mol. The van der Waals surface area contributed by atoms with E-state index in [-0.39, 0.29) is 17.5 Å². The first-order chi connectivity index (χ1) is 18.0. The number of phenolic OH excluding ortho intramolecular Hbond substituents is 1. The van der Waals surface area contributed by atoms with Crippen molar-refractivity contribution in [1.82, 2.24) is 0 Å². The molecule has 2 aliphatic rings. The number of phenols is 1. The summed E-state index contributed by atoms with van der Waals surface area (Å²) >= 11 is 0. The number of hydrogen-bond acceptors (Lipinski definition) is 7. The summed E-state index contributed by atoms with van der Waals surface area (Å²) in [5, 5.41) is 17.4. The third kappa shape index (κ3) is 4.81. The van der Waals surface area contributed by atoms with Crippen molar-refractivity contribution in [2.45, 2.75) is 38.6 Å². The Bertz CT molecular complexity index is 1350. The molecule has 3 aromatic rings. The van der Waals surface area contributed by atoms with Crippen LogP contribution in [0.5, 0.6) is 23.0 Å². The summed E-state index contributed by atoms with van der Waals surface area (Å²) in [5.74, 6) is 1.90. The van der Waals surface area contributed by atoms with E-state index in [1.807, 2.05) is 68.4 Å². The number of carbonyl (C=O) groups excluding carboxylic acids is 1. The van der Waals surface area contributed by atoms with E-state index >= 15 is 0 Å². The van der Waals surface area contributed by atoms with Crippen LogP contribution < -0.4 is 24.8 Å². The number of fused-ring (bicyclic) bond motifs is 1. The molecule has 7 nitrogen and oxygen atoms in total. The lowest BCUT2D eigenvalue weighted by atomic mass is 9.78. The van der Waals surface area contributed by atoms with E-state index in [4.69, 9.17) is 14.2 Å². The largest absolute Gasteiger partial charge is 0.504 e. The molecular weight excluding hydrogens is 468 g/mol. The standard InChI is InChI=1S/C30H32N2O5/c1-4-36-26-13-11-18(16-28(26)35-3)20-14-23-29(25(34)15-20)30(32-22-9-7-6-8-21(22)31-23)19-10-12-24(33)27(17-19)37-5-2/h6-13,16-17,20,30-33H,4-5,14-15H2,1-3H3. The van der Waals surface area contributed by atoms with Crippen LogP contribution in [0.2, 0.25) is 0 Å². The Kier molecular flexibility index (Phi) is 6.95. The van der Waals surface area contributed by atoms with Gasteiger partial charge in [0.15, 0.2) is 28.8 Å². The maximum atomic E-state index is 13.8. The lowest BCUT2D eigenvalue weighted by Crippen LogP contribution is -2.27. The fourth-order valence-electron chi connectivity index (χ4n) is 5.17. The van der Waals surface area contributed by atoms with Crippen molar-refractivity contribution < 1.29 is 24.1 Å². The lowest BCUT2D eigenvalue weighted by molar-refractivity contribution is -0.116. The molecule has 0 fully saturated rings. The third-order valence-corrected chi connectivity index (χ3v) is 6.88. The maximum absolute atomic E-state index is 13.8. The van der Waals surface area contributed by atoms with Crippen molar-refractivity contribution in [2.75, 3.05) is 31.0 Å². The Hall–Kier alpha value is -4.13. The number of anilines is 2. The van der Waals surface area contributed by atoms with Gasteiger partial charge < -0.3 is 30.0 Å². The van der Waals surface area contributed by atoms with Gasteiger partial charge in [-0.2, -0.15) is 0 Å². The normalized spacial score (nSPS) is 18.6. The Labute approximate surface area is 217 Å². The molecule has 0 saturated heterocycles. The first-order valence-corrected chi connectivity index (χ1v) is 12.7. The van der Waals surface area contributed by atoms with Gasteiger partial charge in [0.2, 0.25) is 0 Å². The van der Waals surface area contributed by atoms with Crippen molar-refractivity contribution in [3.05, 3.63) is 83.1 Å². The number of para-hydroxylation sites is 2. The number of hydrogen-bond donors (Lipinski definition) is 3. The number of methoxy groups -OCH3 is 1. The van der Waals surface area contributed by atoms with Crippen molar-refractivity contribution in [3.63, 3.8) is 0 Å². The molecule has 0 amide bonds. The van der Waals surface area contributed by atoms with Crippen LogP contribution >= 0.6 is 0 Å². The molecule has 1 aliphatic carbocycles. The molecular formula is C30H32N2O5. The van der Waals surface area contributed by atoms with Crippen molar-refractivity contribution in [1.29, 1.82) is 0 Å². The molecule has 3 aromatic carbocycles. The van der Waals surface area contributed by atoms with E-state index in [1.165, 1.54) is 0 Å². The molecule has 0 aromatic heterocycles. The monoisotopic (exact) mass is 500 g/mol. The zero-order valence-corrected chi connectivity index (χ0v) is 21.3. The summed E-state index contributed by atoms with van der Waals surface area (Å²) in [6.45, 7) is 4.79. The van der Waals surface area contributed by atoms with Crippen molar-refractivity contribution >= 4 is 17.2 Å². The molecule has 2 unspecified atom stereocenters. The Balaban J connectivity index is 1.56. The minimum Gasteiger partial charge on any atom is -0.504 e. The fraction of sp³-hybridized carbons (Fsp3) is 0.300. The Morgan fingerprint density at radius 3 is 2.32 bits per heavy atom. The Morgan fingerprint density at radius 1 is 0.865 bits per heavy atom. The summed E-state index contributed by atoms with van der Waals surface area (Å²) in [4.78, 5) is 13.8. The second-order valence-corrected chi connectivity index (χ2v) is 9.17. The first-order valence-electron chi connectivity index (χ1n) is 12.7. The molecule has 1 aliphatic heterocycles. The third-order valence-electron chi connectivity index (χ3n) is 6.88. The fourth-order valence-corrected chi connectivity index (χ4v) is 5.17. The summed E-state index contributed by atoms with van der Waals surface area (Å²) in [7, 11) is 1.63. The van der Waals surface area contributed by atoms with Crippen LogP contribution in [-0.4, -0.2) is 31.2 Å². The number of rotatable bonds is 7. The van der Waals surface area contributed by atoms with E-state index in [1.54, 1.807) is 13.2 Å². The minimum absolute atomic E-state index is 0.00644. The maximum Gasteiger partial charge on any atom is 0.163 e. The van der Waals surface area contributed by atoms with Gasteiger partial charge >= 0.3 is 0 Å². The quantitative estimate of drug-likeness (QED) is 0.357. The minimum atomic E-state index is -0.394. The van der Waals surface area contributed by atoms with Crippen LogP contribution in [0.1, 0.15) is 49.8 Å². The molecule has 2 atom stereocenters. The number of ether oxygens (including phenoxy) is 3. The van der Waals surface area contributed by atoms with Gasteiger partial charge in [-0.05, 0) is 73.7 Å². The van der Waals surface area contributed by atoms with E-state index in [0.717, 1.165) is 28.2 Å². The van der Waals surface area contributed by atoms with Gasteiger partial charge in [0.1, 0.15) is 0 Å². The molecule has 37 heavy (non-hydrogen) atoms. The first kappa shape index (κ1) is 24.6. The molecule has 0 bridgehead atoms. The summed E-state index contributed by atoms with van der Waals surface area (Å²) in [6, 6.07) is 18.7. The number of aromatic hydroxyl groups is 1. The van der Waals surface area contributed by atoms with Crippen LogP contribution in [0.25, 0.3) is 0 Å². The number of Topliss-reactive ketones (excluding diaryl/α,β-unsaturated/α-hetero) is 1. The van der Waals surface area contributed by atoms with Gasteiger partial charge in [0, 0.05) is 17.7 Å².